The second-order valence-corrected chi connectivity index (χ2v) is 7.83. The minimum Gasteiger partial charge on any atom is -0.482 e. The van der Waals surface area contributed by atoms with Crippen molar-refractivity contribution in [3.63, 3.8) is 0 Å². The first-order valence-corrected chi connectivity index (χ1v) is 10.6. The van der Waals surface area contributed by atoms with Crippen molar-refractivity contribution >= 4 is 11.7 Å². The quantitative estimate of drug-likeness (QED) is 0.386. The number of aromatic amines is 1. The summed E-state index contributed by atoms with van der Waals surface area (Å²) in [5.41, 5.74) is 6.37. The molecule has 1 aliphatic carbocycles. The van der Waals surface area contributed by atoms with Crippen LogP contribution in [0.15, 0.2) is 83.8 Å². The van der Waals surface area contributed by atoms with Gasteiger partial charge in [0.25, 0.3) is 0 Å². The predicted molar refractivity (Wildman–Crippen MR) is 123 cm³/mol. The fourth-order valence-electron chi connectivity index (χ4n) is 3.98. The predicted octanol–water partition coefficient (Wildman–Crippen LogP) is 5.08. The number of benzene rings is 2. The van der Waals surface area contributed by atoms with E-state index in [0.29, 0.717) is 5.75 Å². The maximum atomic E-state index is 10.8. The molecule has 1 atom stereocenters. The molecule has 6 heteroatoms. The number of H-pyrrole nitrogens is 1. The number of aliphatic carboxylic acids is 1. The lowest BCUT2D eigenvalue weighted by Crippen LogP contribution is -2.13. The van der Waals surface area contributed by atoms with Crippen LogP contribution in [0.25, 0.3) is 0 Å². The lowest BCUT2D eigenvalue weighted by molar-refractivity contribution is -0.139. The van der Waals surface area contributed by atoms with Crippen LogP contribution in [0.1, 0.15) is 41.7 Å². The molecule has 3 aromatic rings. The molecule has 0 saturated heterocycles. The number of carboxylic acids is 1. The van der Waals surface area contributed by atoms with Crippen LogP contribution < -0.4 is 4.74 Å². The number of carboxylic acid groups (broad SMARTS) is 1. The summed E-state index contributed by atoms with van der Waals surface area (Å²) in [6.45, 7) is 1.61. The highest BCUT2D eigenvalue weighted by Crippen LogP contribution is 2.32. The van der Waals surface area contributed by atoms with Crippen molar-refractivity contribution in [1.29, 1.82) is 0 Å². The Bertz CT molecular complexity index is 1120. The number of nitrogens with zero attached hydrogens (tertiary/aromatic N) is 1. The van der Waals surface area contributed by atoms with E-state index in [0.717, 1.165) is 47.2 Å². The number of nitrogens with one attached hydrogen (secondary N) is 1. The largest absolute Gasteiger partial charge is 0.482 e. The highest BCUT2D eigenvalue weighted by molar-refractivity contribution is 5.93. The molecule has 4 rings (SSSR count). The summed E-state index contributed by atoms with van der Waals surface area (Å²) in [6.07, 6.45) is 8.05. The summed E-state index contributed by atoms with van der Waals surface area (Å²) in [4.78, 5) is 19.9. The lowest BCUT2D eigenvalue weighted by Gasteiger charge is -2.21. The van der Waals surface area contributed by atoms with Crippen molar-refractivity contribution in [3.05, 3.63) is 101 Å². The summed E-state index contributed by atoms with van der Waals surface area (Å²) in [5, 5.41) is 13.3. The van der Waals surface area contributed by atoms with Gasteiger partial charge in [-0.2, -0.15) is 0 Å². The number of oxime groups is 1. The van der Waals surface area contributed by atoms with Gasteiger partial charge >= 0.3 is 5.97 Å². The monoisotopic (exact) mass is 430 g/mol. The molecule has 2 N–H and O–H groups in total. The van der Waals surface area contributed by atoms with Gasteiger partial charge in [-0.25, -0.2) is 4.79 Å². The van der Waals surface area contributed by atoms with Crippen molar-refractivity contribution in [1.82, 2.24) is 4.98 Å². The number of allylic oxidation sites excluding steroid dienone is 2. The molecule has 1 aliphatic rings. The van der Waals surface area contributed by atoms with E-state index in [9.17, 15) is 4.79 Å². The van der Waals surface area contributed by atoms with Gasteiger partial charge in [0.2, 0.25) is 0 Å². The molecule has 0 radical (unpaired) electrons. The molecule has 1 aromatic heterocycles. The number of rotatable bonds is 8. The Balaban J connectivity index is 1.47. The Hall–Kier alpha value is -3.80. The average Bonchev–Trinajstić information content (AvgIpc) is 3.33. The number of fused-ring (bicyclic) bond motifs is 1. The third kappa shape index (κ3) is 5.27. The van der Waals surface area contributed by atoms with Gasteiger partial charge in [0.1, 0.15) is 5.75 Å². The van der Waals surface area contributed by atoms with Crippen LogP contribution in [0.2, 0.25) is 0 Å². The maximum Gasteiger partial charge on any atom is 0.341 e. The second kappa shape index (κ2) is 10.0. The molecule has 0 amide bonds. The zero-order valence-corrected chi connectivity index (χ0v) is 18.0. The van der Waals surface area contributed by atoms with Gasteiger partial charge in [-0.05, 0) is 61.1 Å². The normalized spacial score (nSPS) is 15.8. The molecular formula is C26H26N2O4. The molecule has 1 heterocycles. The number of aromatic nitrogens is 1. The summed E-state index contributed by atoms with van der Waals surface area (Å²) < 4.78 is 5.46. The van der Waals surface area contributed by atoms with Gasteiger partial charge < -0.3 is 19.7 Å². The summed E-state index contributed by atoms with van der Waals surface area (Å²) in [5.74, 6) is -0.311. The Morgan fingerprint density at radius 3 is 2.72 bits per heavy atom. The lowest BCUT2D eigenvalue weighted by atomic mass is 9.87. The first-order valence-electron chi connectivity index (χ1n) is 10.6. The highest BCUT2D eigenvalue weighted by Gasteiger charge is 2.19. The molecule has 0 spiro atoms. The first-order chi connectivity index (χ1) is 15.6. The molecular weight excluding hydrogens is 404 g/mol. The molecule has 0 bridgehead atoms. The molecule has 0 fully saturated rings. The summed E-state index contributed by atoms with van der Waals surface area (Å²) >= 11 is 0. The molecule has 32 heavy (non-hydrogen) atoms. The fraction of sp³-hybridized carbons (Fsp3) is 0.231. The van der Waals surface area contributed by atoms with Crippen LogP contribution >= 0.6 is 0 Å². The highest BCUT2D eigenvalue weighted by atomic mass is 16.6. The minimum absolute atomic E-state index is 0.281. The summed E-state index contributed by atoms with van der Waals surface area (Å²) in [7, 11) is 0. The third-order valence-electron chi connectivity index (χ3n) is 5.44. The summed E-state index contributed by atoms with van der Waals surface area (Å²) in [6, 6.07) is 17.8. The second-order valence-electron chi connectivity index (χ2n) is 7.83. The van der Waals surface area contributed by atoms with Gasteiger partial charge in [-0.15, -0.1) is 0 Å². The van der Waals surface area contributed by atoms with Crippen molar-refractivity contribution < 1.29 is 19.5 Å². The van der Waals surface area contributed by atoms with Crippen LogP contribution in [-0.4, -0.2) is 28.4 Å². The van der Waals surface area contributed by atoms with Gasteiger partial charge in [0.15, 0.2) is 12.7 Å². The van der Waals surface area contributed by atoms with E-state index in [1.807, 2.05) is 67.8 Å². The molecule has 164 valence electrons. The van der Waals surface area contributed by atoms with Crippen LogP contribution in [0, 0.1) is 0 Å². The maximum absolute atomic E-state index is 10.8. The van der Waals surface area contributed by atoms with E-state index in [1.165, 1.54) is 5.57 Å². The molecule has 0 aliphatic heterocycles. The van der Waals surface area contributed by atoms with Crippen LogP contribution in [0.4, 0.5) is 0 Å². The molecule has 6 nitrogen and oxygen atoms in total. The SMILES string of the molecule is CC(C=C1CCc2c(cccc2OCC(=O)O)C1)=NOC(c1ccccc1)c1cc[nH]c1. The van der Waals surface area contributed by atoms with Crippen LogP contribution in [-0.2, 0) is 22.5 Å². The van der Waals surface area contributed by atoms with E-state index in [-0.39, 0.29) is 12.7 Å². The van der Waals surface area contributed by atoms with E-state index in [4.69, 9.17) is 14.7 Å². The Labute approximate surface area is 187 Å². The Morgan fingerprint density at radius 1 is 1.12 bits per heavy atom. The molecule has 2 aromatic carbocycles. The van der Waals surface area contributed by atoms with E-state index in [1.54, 1.807) is 0 Å². The van der Waals surface area contributed by atoms with E-state index < -0.39 is 5.97 Å². The van der Waals surface area contributed by atoms with Gasteiger partial charge in [0.05, 0.1) is 5.71 Å². The van der Waals surface area contributed by atoms with Gasteiger partial charge in [0, 0.05) is 18.0 Å². The van der Waals surface area contributed by atoms with Crippen LogP contribution in [0.3, 0.4) is 0 Å². The average molecular weight is 431 g/mol. The number of hydrogen-bond donors (Lipinski definition) is 2. The number of ether oxygens (including phenoxy) is 1. The van der Waals surface area contributed by atoms with Crippen molar-refractivity contribution in [2.24, 2.45) is 5.16 Å². The van der Waals surface area contributed by atoms with Crippen molar-refractivity contribution in [2.75, 3.05) is 6.61 Å². The topological polar surface area (TPSA) is 83.9 Å². The molecule has 1 unspecified atom stereocenters. The molecule has 0 saturated carbocycles. The van der Waals surface area contributed by atoms with E-state index >= 15 is 0 Å². The smallest absolute Gasteiger partial charge is 0.341 e. The fourth-order valence-corrected chi connectivity index (χ4v) is 3.98. The van der Waals surface area contributed by atoms with Gasteiger partial charge in [-0.1, -0.05) is 53.2 Å². The Morgan fingerprint density at radius 2 is 1.97 bits per heavy atom. The zero-order valence-electron chi connectivity index (χ0n) is 18.0. The number of hydrogen-bond acceptors (Lipinski definition) is 4. The minimum atomic E-state index is -0.973. The van der Waals surface area contributed by atoms with Crippen LogP contribution in [0.5, 0.6) is 5.75 Å². The van der Waals surface area contributed by atoms with Crippen molar-refractivity contribution in [3.8, 4) is 5.75 Å². The Kier molecular flexibility index (Phi) is 6.70. The van der Waals surface area contributed by atoms with Gasteiger partial charge in [-0.3, -0.25) is 0 Å². The number of carbonyl (C=O) groups is 1. The third-order valence-corrected chi connectivity index (χ3v) is 5.44. The zero-order chi connectivity index (χ0) is 22.3. The van der Waals surface area contributed by atoms with E-state index in [2.05, 4.69) is 22.3 Å². The first kappa shape index (κ1) is 21.4. The standard InChI is InChI=1S/C26H26N2O4/c1-18(28-32-26(22-12-13-27-16-22)20-6-3-2-4-7-20)14-19-10-11-23-21(15-19)8-5-9-24(23)31-17-25(29)30/h2-9,12-14,16,26-27H,10-11,15,17H2,1H3,(H,29,30). The van der Waals surface area contributed by atoms with Crippen molar-refractivity contribution in [2.45, 2.75) is 32.3 Å².